The highest BCUT2D eigenvalue weighted by molar-refractivity contribution is 6.16. The number of aromatic nitrogens is 3. The van der Waals surface area contributed by atoms with E-state index >= 15 is 0 Å². The first-order chi connectivity index (χ1) is 6.40. The smallest absolute Gasteiger partial charge is 0.153 e. The molecule has 0 bridgehead atoms. The van der Waals surface area contributed by atoms with Gasteiger partial charge in [0.2, 0.25) is 0 Å². The molecular weight excluding hydrogens is 190 g/mol. The van der Waals surface area contributed by atoms with E-state index in [-0.39, 0.29) is 0 Å². The van der Waals surface area contributed by atoms with Crippen LogP contribution in [0.4, 0.5) is 0 Å². The number of nitrogens with one attached hydrogen (secondary N) is 1. The Hall–Kier alpha value is -0.610. The molecule has 0 saturated carbocycles. The van der Waals surface area contributed by atoms with Gasteiger partial charge in [-0.3, -0.25) is 5.10 Å². The third-order valence-electron chi connectivity index (χ3n) is 2.26. The number of ether oxygens (including phenoxy) is 1. The van der Waals surface area contributed by atoms with Gasteiger partial charge in [0.25, 0.3) is 0 Å². The van der Waals surface area contributed by atoms with Crippen molar-refractivity contribution in [2.75, 3.05) is 13.2 Å². The lowest BCUT2D eigenvalue weighted by Crippen LogP contribution is -2.15. The van der Waals surface area contributed by atoms with Crippen LogP contribution in [0.5, 0.6) is 0 Å². The maximum atomic E-state index is 5.62. The molecule has 72 valence electrons. The molecule has 2 heterocycles. The van der Waals surface area contributed by atoms with Crippen molar-refractivity contribution in [2.24, 2.45) is 0 Å². The predicted molar refractivity (Wildman–Crippen MR) is 48.7 cm³/mol. The minimum Gasteiger partial charge on any atom is -0.381 e. The van der Waals surface area contributed by atoms with Crippen LogP contribution in [0.25, 0.3) is 0 Å². The fourth-order valence-corrected chi connectivity index (χ4v) is 1.63. The Kier molecular flexibility index (Phi) is 2.80. The first-order valence-electron chi connectivity index (χ1n) is 4.45. The number of hydrogen-bond donors (Lipinski definition) is 1. The molecule has 0 amide bonds. The molecule has 0 aliphatic carbocycles. The molecule has 0 spiro atoms. The van der Waals surface area contributed by atoms with Gasteiger partial charge in [-0.15, -0.1) is 11.6 Å². The highest BCUT2D eigenvalue weighted by atomic mass is 35.5. The Bertz CT molecular complexity index is 270. The van der Waals surface area contributed by atoms with E-state index in [9.17, 15) is 0 Å². The first-order valence-corrected chi connectivity index (χ1v) is 4.98. The van der Waals surface area contributed by atoms with Gasteiger partial charge < -0.3 is 4.74 Å². The molecule has 1 aromatic rings. The van der Waals surface area contributed by atoms with Crippen molar-refractivity contribution in [2.45, 2.75) is 24.6 Å². The summed E-state index contributed by atoms with van der Waals surface area (Å²) in [4.78, 5) is 4.30. The largest absolute Gasteiger partial charge is 0.381 e. The van der Waals surface area contributed by atoms with Crippen LogP contribution in [-0.2, 0) is 10.6 Å². The Morgan fingerprint density at radius 2 is 2.23 bits per heavy atom. The summed E-state index contributed by atoms with van der Waals surface area (Å²) >= 11 is 5.62. The zero-order valence-electron chi connectivity index (χ0n) is 7.29. The van der Waals surface area contributed by atoms with Gasteiger partial charge in [-0.25, -0.2) is 4.98 Å². The lowest BCUT2D eigenvalue weighted by atomic mass is 10.00. The van der Waals surface area contributed by atoms with Crippen molar-refractivity contribution < 1.29 is 4.74 Å². The van der Waals surface area contributed by atoms with Crippen LogP contribution in [0.1, 0.15) is 30.4 Å². The third kappa shape index (κ3) is 2.00. The summed E-state index contributed by atoms with van der Waals surface area (Å²) in [5.74, 6) is 2.49. The summed E-state index contributed by atoms with van der Waals surface area (Å²) in [6.45, 7) is 1.63. The molecule has 0 atom stereocenters. The Labute approximate surface area is 81.6 Å². The van der Waals surface area contributed by atoms with Crippen LogP contribution in [0.15, 0.2) is 0 Å². The monoisotopic (exact) mass is 201 g/mol. The van der Waals surface area contributed by atoms with Crippen molar-refractivity contribution in [1.29, 1.82) is 0 Å². The van der Waals surface area contributed by atoms with Gasteiger partial charge in [0.15, 0.2) is 5.82 Å². The summed E-state index contributed by atoms with van der Waals surface area (Å²) in [6, 6.07) is 0. The summed E-state index contributed by atoms with van der Waals surface area (Å²) in [7, 11) is 0. The number of hydrogen-bond acceptors (Lipinski definition) is 3. The fourth-order valence-electron chi connectivity index (χ4n) is 1.51. The predicted octanol–water partition coefficient (Wildman–Crippen LogP) is 1.44. The second kappa shape index (κ2) is 4.07. The average molecular weight is 202 g/mol. The molecule has 1 aromatic heterocycles. The quantitative estimate of drug-likeness (QED) is 0.737. The minimum atomic E-state index is 0.399. The molecule has 1 N–H and O–H groups in total. The van der Waals surface area contributed by atoms with Crippen molar-refractivity contribution >= 4 is 11.6 Å². The molecule has 0 aromatic carbocycles. The van der Waals surface area contributed by atoms with Crippen LogP contribution < -0.4 is 0 Å². The minimum absolute atomic E-state index is 0.399. The SMILES string of the molecule is ClCc1nc(C2CCOCC2)n[nH]1. The van der Waals surface area contributed by atoms with E-state index in [2.05, 4.69) is 15.2 Å². The lowest BCUT2D eigenvalue weighted by Gasteiger charge is -2.18. The van der Waals surface area contributed by atoms with E-state index in [4.69, 9.17) is 16.3 Å². The number of H-pyrrole nitrogens is 1. The molecule has 1 aliphatic heterocycles. The maximum Gasteiger partial charge on any atom is 0.153 e. The van der Waals surface area contributed by atoms with Gasteiger partial charge in [-0.1, -0.05) is 0 Å². The van der Waals surface area contributed by atoms with E-state index in [1.54, 1.807) is 0 Å². The molecule has 5 heteroatoms. The molecule has 1 fully saturated rings. The van der Waals surface area contributed by atoms with E-state index in [1.807, 2.05) is 0 Å². The standard InChI is InChI=1S/C8H12ClN3O/c9-5-7-10-8(12-11-7)6-1-3-13-4-2-6/h6H,1-5H2,(H,10,11,12). The highest BCUT2D eigenvalue weighted by Crippen LogP contribution is 2.23. The molecule has 0 radical (unpaired) electrons. The summed E-state index contributed by atoms with van der Waals surface area (Å²) in [6.07, 6.45) is 2.03. The van der Waals surface area contributed by atoms with Crippen LogP contribution in [-0.4, -0.2) is 28.4 Å². The van der Waals surface area contributed by atoms with E-state index in [0.29, 0.717) is 11.8 Å². The number of aromatic amines is 1. The summed E-state index contributed by atoms with van der Waals surface area (Å²) in [5, 5.41) is 6.95. The van der Waals surface area contributed by atoms with E-state index in [0.717, 1.165) is 37.7 Å². The van der Waals surface area contributed by atoms with Crippen LogP contribution >= 0.6 is 11.6 Å². The van der Waals surface area contributed by atoms with Crippen LogP contribution in [0.2, 0.25) is 0 Å². The van der Waals surface area contributed by atoms with Gasteiger partial charge in [0, 0.05) is 19.1 Å². The molecule has 2 rings (SSSR count). The number of alkyl halides is 1. The number of halogens is 1. The fraction of sp³-hybridized carbons (Fsp3) is 0.750. The van der Waals surface area contributed by atoms with Gasteiger partial charge in [0.1, 0.15) is 5.82 Å². The first kappa shape index (κ1) is 8.97. The molecule has 1 aliphatic rings. The molecular formula is C8H12ClN3O. The van der Waals surface area contributed by atoms with E-state index < -0.39 is 0 Å². The molecule has 1 saturated heterocycles. The Balaban J connectivity index is 2.05. The topological polar surface area (TPSA) is 50.8 Å². The van der Waals surface area contributed by atoms with Gasteiger partial charge in [-0.05, 0) is 12.8 Å². The highest BCUT2D eigenvalue weighted by Gasteiger charge is 2.19. The van der Waals surface area contributed by atoms with Crippen LogP contribution in [0.3, 0.4) is 0 Å². The zero-order chi connectivity index (χ0) is 9.10. The van der Waals surface area contributed by atoms with Crippen molar-refractivity contribution in [1.82, 2.24) is 15.2 Å². The summed E-state index contributed by atoms with van der Waals surface area (Å²) in [5.41, 5.74) is 0. The third-order valence-corrected chi connectivity index (χ3v) is 2.52. The second-order valence-corrected chi connectivity index (χ2v) is 3.43. The van der Waals surface area contributed by atoms with Crippen LogP contribution in [0, 0.1) is 0 Å². The lowest BCUT2D eigenvalue weighted by molar-refractivity contribution is 0.0836. The van der Waals surface area contributed by atoms with Gasteiger partial charge >= 0.3 is 0 Å². The zero-order valence-corrected chi connectivity index (χ0v) is 8.05. The van der Waals surface area contributed by atoms with Crippen molar-refractivity contribution in [3.05, 3.63) is 11.6 Å². The number of rotatable bonds is 2. The van der Waals surface area contributed by atoms with E-state index in [1.165, 1.54) is 0 Å². The average Bonchev–Trinajstić information content (AvgIpc) is 2.67. The van der Waals surface area contributed by atoms with Crippen molar-refractivity contribution in [3.63, 3.8) is 0 Å². The Morgan fingerprint density at radius 3 is 2.85 bits per heavy atom. The summed E-state index contributed by atoms with van der Waals surface area (Å²) < 4.78 is 5.26. The van der Waals surface area contributed by atoms with Gasteiger partial charge in [-0.2, -0.15) is 5.10 Å². The molecule has 13 heavy (non-hydrogen) atoms. The van der Waals surface area contributed by atoms with Crippen molar-refractivity contribution in [3.8, 4) is 0 Å². The number of nitrogens with zero attached hydrogens (tertiary/aromatic N) is 2. The van der Waals surface area contributed by atoms with Gasteiger partial charge in [0.05, 0.1) is 5.88 Å². The Morgan fingerprint density at radius 1 is 1.46 bits per heavy atom. The second-order valence-electron chi connectivity index (χ2n) is 3.16. The molecule has 0 unspecified atom stereocenters. The molecule has 4 nitrogen and oxygen atoms in total. The maximum absolute atomic E-state index is 5.62. The normalized spacial score (nSPS) is 19.2.